The van der Waals surface area contributed by atoms with Crippen molar-refractivity contribution in [1.29, 1.82) is 0 Å². The number of carbonyl (C=O) groups excluding carboxylic acids is 3. The molecular formula is C13H11NO4. The predicted molar refractivity (Wildman–Crippen MR) is 61.9 cm³/mol. The number of ether oxygens (including phenoxy) is 1. The number of benzene rings is 1. The molecule has 1 aromatic rings. The second-order valence-electron chi connectivity index (χ2n) is 4.50. The van der Waals surface area contributed by atoms with Crippen LogP contribution in [0.3, 0.4) is 0 Å². The Bertz CT molecular complexity index is 529. The molecule has 3 rings (SSSR count). The molecule has 0 N–H and O–H groups in total. The number of esters is 1. The highest BCUT2D eigenvalue weighted by atomic mass is 16.5. The first-order valence-electron chi connectivity index (χ1n) is 5.69. The Hall–Kier alpha value is -2.17. The molecule has 1 saturated carbocycles. The number of hydrogen-bond donors (Lipinski definition) is 0. The minimum absolute atomic E-state index is 0.113. The number of piperidine rings is 1. The van der Waals surface area contributed by atoms with Crippen LogP contribution in [-0.4, -0.2) is 24.9 Å². The number of fused-ring (bicyclic) bond motifs is 1. The zero-order valence-corrected chi connectivity index (χ0v) is 9.75. The van der Waals surface area contributed by atoms with E-state index in [4.69, 9.17) is 0 Å². The van der Waals surface area contributed by atoms with E-state index in [0.29, 0.717) is 17.7 Å². The van der Waals surface area contributed by atoms with Crippen LogP contribution in [0.25, 0.3) is 0 Å². The molecule has 0 aromatic heterocycles. The first-order valence-corrected chi connectivity index (χ1v) is 5.69. The number of amides is 2. The first-order chi connectivity index (χ1) is 8.63. The SMILES string of the molecule is COC(=O)c1ccc(N2C(=O)C3CC3C2=O)cc1. The summed E-state index contributed by atoms with van der Waals surface area (Å²) in [6.07, 6.45) is 0.689. The molecule has 2 fully saturated rings. The highest BCUT2D eigenvalue weighted by Crippen LogP contribution is 2.48. The highest BCUT2D eigenvalue weighted by molar-refractivity contribution is 6.24. The van der Waals surface area contributed by atoms with E-state index in [1.165, 1.54) is 12.0 Å². The summed E-state index contributed by atoms with van der Waals surface area (Å²) in [5.74, 6) is -0.925. The molecule has 2 aliphatic rings. The summed E-state index contributed by atoms with van der Waals surface area (Å²) in [4.78, 5) is 36.2. The van der Waals surface area contributed by atoms with Gasteiger partial charge in [-0.25, -0.2) is 4.79 Å². The van der Waals surface area contributed by atoms with Crippen molar-refractivity contribution < 1.29 is 19.1 Å². The van der Waals surface area contributed by atoms with Crippen LogP contribution in [0.15, 0.2) is 24.3 Å². The summed E-state index contributed by atoms with van der Waals surface area (Å²) in [5, 5.41) is 0. The molecule has 2 amide bonds. The van der Waals surface area contributed by atoms with Crippen LogP contribution in [0.2, 0.25) is 0 Å². The van der Waals surface area contributed by atoms with Crippen LogP contribution in [0.1, 0.15) is 16.8 Å². The zero-order valence-electron chi connectivity index (χ0n) is 9.75. The van der Waals surface area contributed by atoms with Gasteiger partial charge < -0.3 is 4.74 Å². The van der Waals surface area contributed by atoms with E-state index < -0.39 is 5.97 Å². The van der Waals surface area contributed by atoms with Gasteiger partial charge in [0.2, 0.25) is 11.8 Å². The van der Waals surface area contributed by atoms with Crippen molar-refractivity contribution in [3.8, 4) is 0 Å². The van der Waals surface area contributed by atoms with E-state index in [1.54, 1.807) is 24.3 Å². The quantitative estimate of drug-likeness (QED) is 0.575. The van der Waals surface area contributed by atoms with Crippen molar-refractivity contribution in [3.05, 3.63) is 29.8 Å². The van der Waals surface area contributed by atoms with Gasteiger partial charge in [0.15, 0.2) is 0 Å². The van der Waals surface area contributed by atoms with Crippen LogP contribution in [0.4, 0.5) is 5.69 Å². The summed E-state index contributed by atoms with van der Waals surface area (Å²) < 4.78 is 4.58. The molecule has 2 unspecified atom stereocenters. The molecule has 1 aromatic carbocycles. The monoisotopic (exact) mass is 245 g/mol. The second kappa shape index (κ2) is 3.66. The maximum atomic E-state index is 11.8. The lowest BCUT2D eigenvalue weighted by molar-refractivity contribution is -0.123. The van der Waals surface area contributed by atoms with E-state index in [0.717, 1.165) is 0 Å². The van der Waals surface area contributed by atoms with Crippen LogP contribution in [-0.2, 0) is 14.3 Å². The smallest absolute Gasteiger partial charge is 0.337 e. The van der Waals surface area contributed by atoms with E-state index >= 15 is 0 Å². The maximum Gasteiger partial charge on any atom is 0.337 e. The van der Waals surface area contributed by atoms with E-state index in [9.17, 15) is 14.4 Å². The molecule has 18 heavy (non-hydrogen) atoms. The van der Waals surface area contributed by atoms with E-state index in [2.05, 4.69) is 4.74 Å². The summed E-state index contributed by atoms with van der Waals surface area (Å²) in [6.45, 7) is 0. The van der Waals surface area contributed by atoms with Gasteiger partial charge in [0.1, 0.15) is 0 Å². The molecule has 1 heterocycles. The van der Waals surface area contributed by atoms with Crippen LogP contribution in [0, 0.1) is 11.8 Å². The van der Waals surface area contributed by atoms with Crippen molar-refractivity contribution in [2.75, 3.05) is 12.0 Å². The molecule has 92 valence electrons. The normalized spacial score (nSPS) is 25.1. The number of rotatable bonds is 2. The number of methoxy groups -OCH3 is 1. The average molecular weight is 245 g/mol. The average Bonchev–Trinajstić information content (AvgIpc) is 3.14. The second-order valence-corrected chi connectivity index (χ2v) is 4.50. The third-order valence-corrected chi connectivity index (χ3v) is 3.41. The van der Waals surface area contributed by atoms with Gasteiger partial charge in [0, 0.05) is 0 Å². The van der Waals surface area contributed by atoms with Gasteiger partial charge in [-0.1, -0.05) is 0 Å². The minimum Gasteiger partial charge on any atom is -0.465 e. The van der Waals surface area contributed by atoms with Gasteiger partial charge >= 0.3 is 5.97 Å². The van der Waals surface area contributed by atoms with Crippen molar-refractivity contribution in [2.45, 2.75) is 6.42 Å². The van der Waals surface area contributed by atoms with Crippen LogP contribution in [0.5, 0.6) is 0 Å². The number of carbonyl (C=O) groups is 3. The molecule has 1 aliphatic heterocycles. The lowest BCUT2D eigenvalue weighted by atomic mass is 10.2. The van der Waals surface area contributed by atoms with Crippen molar-refractivity contribution >= 4 is 23.5 Å². The third-order valence-electron chi connectivity index (χ3n) is 3.41. The molecule has 0 bridgehead atoms. The van der Waals surface area contributed by atoms with Gasteiger partial charge in [-0.2, -0.15) is 0 Å². The lowest BCUT2D eigenvalue weighted by Crippen LogP contribution is -2.32. The van der Waals surface area contributed by atoms with Crippen molar-refractivity contribution in [3.63, 3.8) is 0 Å². The fourth-order valence-electron chi connectivity index (χ4n) is 2.30. The van der Waals surface area contributed by atoms with Gasteiger partial charge in [-0.05, 0) is 30.7 Å². The summed E-state index contributed by atoms with van der Waals surface area (Å²) in [7, 11) is 1.30. The third kappa shape index (κ3) is 1.44. The molecule has 0 radical (unpaired) electrons. The Labute approximate surface area is 103 Å². The highest BCUT2D eigenvalue weighted by Gasteiger charge is 2.59. The summed E-state index contributed by atoms with van der Waals surface area (Å²) in [5.41, 5.74) is 0.912. The molecule has 5 heteroatoms. The van der Waals surface area contributed by atoms with Crippen LogP contribution < -0.4 is 4.90 Å². The van der Waals surface area contributed by atoms with Gasteiger partial charge in [-0.15, -0.1) is 0 Å². The lowest BCUT2D eigenvalue weighted by Gasteiger charge is -2.16. The topological polar surface area (TPSA) is 63.7 Å². The predicted octanol–water partition coefficient (Wildman–Crippen LogP) is 0.982. The number of nitrogens with zero attached hydrogens (tertiary/aromatic N) is 1. The first kappa shape index (κ1) is 11.0. The Morgan fingerprint density at radius 2 is 1.72 bits per heavy atom. The zero-order chi connectivity index (χ0) is 12.9. The largest absolute Gasteiger partial charge is 0.465 e. The number of hydrogen-bond acceptors (Lipinski definition) is 4. The minimum atomic E-state index is -0.441. The van der Waals surface area contributed by atoms with Gasteiger partial charge in [0.25, 0.3) is 0 Å². The Kier molecular flexibility index (Phi) is 2.23. The summed E-state index contributed by atoms with van der Waals surface area (Å²) in [6, 6.07) is 6.27. The maximum absolute atomic E-state index is 11.8. The van der Waals surface area contributed by atoms with E-state index in [-0.39, 0.29) is 23.7 Å². The van der Waals surface area contributed by atoms with Gasteiger partial charge in [0.05, 0.1) is 30.2 Å². The number of imide groups is 1. The Morgan fingerprint density at radius 3 is 2.22 bits per heavy atom. The molecule has 1 saturated heterocycles. The fraction of sp³-hybridized carbons (Fsp3) is 0.308. The molecule has 2 atom stereocenters. The number of anilines is 1. The molecular weight excluding hydrogens is 234 g/mol. The van der Waals surface area contributed by atoms with Crippen LogP contribution >= 0.6 is 0 Å². The van der Waals surface area contributed by atoms with Crippen molar-refractivity contribution in [2.24, 2.45) is 11.8 Å². The Morgan fingerprint density at radius 1 is 1.17 bits per heavy atom. The standard InChI is InChI=1S/C13H11NO4/c1-18-13(17)7-2-4-8(5-3-7)14-11(15)9-6-10(9)12(14)16/h2-5,9-10H,6H2,1H3. The Balaban J connectivity index is 1.87. The van der Waals surface area contributed by atoms with Gasteiger partial charge in [-0.3, -0.25) is 14.5 Å². The van der Waals surface area contributed by atoms with Crippen molar-refractivity contribution in [1.82, 2.24) is 0 Å². The molecule has 0 spiro atoms. The molecule has 1 aliphatic carbocycles. The fourth-order valence-corrected chi connectivity index (χ4v) is 2.30. The molecule has 5 nitrogen and oxygen atoms in total. The van der Waals surface area contributed by atoms with E-state index in [1.807, 2.05) is 0 Å². The summed E-state index contributed by atoms with van der Waals surface area (Å²) >= 11 is 0.